The number of nitrogens with one attached hydrogen (secondary N) is 2. The summed E-state index contributed by atoms with van der Waals surface area (Å²) in [5, 5.41) is 10.4. The standard InChI is InChI=1S/C21H20FN7O3/c1-23-10-13-6-12(7-14(22)8-13)9-17-26-18(28-27-17)20(30)25-15-11-32-16-4-3-5-24-19(16)29(2)21(15)31/h3-8,10,15H,9,11H2,1-2H3,(H,25,30)(H,26,27,28)/b23-10-/t15-/m0/s1. The topological polar surface area (TPSA) is 125 Å². The quantitative estimate of drug-likeness (QED) is 0.577. The fourth-order valence-electron chi connectivity index (χ4n) is 3.33. The van der Waals surface area contributed by atoms with Crippen LogP contribution in [0.2, 0.25) is 0 Å². The van der Waals surface area contributed by atoms with Crippen LogP contribution in [-0.2, 0) is 11.2 Å². The first-order chi connectivity index (χ1) is 15.4. The number of H-pyrrole nitrogens is 1. The molecule has 10 nitrogen and oxygen atoms in total. The molecule has 0 saturated heterocycles. The smallest absolute Gasteiger partial charge is 0.289 e. The second kappa shape index (κ2) is 8.92. The molecule has 0 fully saturated rings. The molecule has 1 atom stereocenters. The second-order valence-electron chi connectivity index (χ2n) is 7.14. The molecule has 2 aromatic heterocycles. The predicted octanol–water partition coefficient (Wildman–Crippen LogP) is 1.13. The van der Waals surface area contributed by atoms with E-state index in [1.54, 1.807) is 44.7 Å². The Labute approximate surface area is 182 Å². The van der Waals surface area contributed by atoms with Crippen molar-refractivity contribution in [2.75, 3.05) is 25.6 Å². The summed E-state index contributed by atoms with van der Waals surface area (Å²) < 4.78 is 19.5. The number of rotatable bonds is 5. The Morgan fingerprint density at radius 1 is 1.41 bits per heavy atom. The van der Waals surface area contributed by atoms with Crippen LogP contribution in [0.25, 0.3) is 0 Å². The SMILES string of the molecule is C/N=C\c1cc(F)cc(Cc2nnc(C(=O)N[C@H]3COc4cccnc4N(C)C3=O)[nH]2)c1. The van der Waals surface area contributed by atoms with Crippen molar-refractivity contribution in [3.8, 4) is 5.75 Å². The van der Waals surface area contributed by atoms with Crippen LogP contribution in [0.15, 0.2) is 41.5 Å². The van der Waals surface area contributed by atoms with Gasteiger partial charge in [0, 0.05) is 32.9 Å². The van der Waals surface area contributed by atoms with E-state index in [-0.39, 0.29) is 24.8 Å². The number of aromatic amines is 1. The van der Waals surface area contributed by atoms with Gasteiger partial charge in [-0.1, -0.05) is 0 Å². The van der Waals surface area contributed by atoms with E-state index in [0.29, 0.717) is 28.5 Å². The molecule has 2 amide bonds. The average molecular weight is 437 g/mol. The van der Waals surface area contributed by atoms with E-state index in [0.717, 1.165) is 0 Å². The number of nitrogens with zero attached hydrogens (tertiary/aromatic N) is 5. The minimum absolute atomic E-state index is 0.0559. The Kier molecular flexibility index (Phi) is 5.88. The van der Waals surface area contributed by atoms with Gasteiger partial charge in [-0.05, 0) is 41.5 Å². The van der Waals surface area contributed by atoms with Gasteiger partial charge >= 0.3 is 0 Å². The molecule has 1 aromatic carbocycles. The molecule has 1 aliphatic rings. The normalized spacial score (nSPS) is 15.9. The van der Waals surface area contributed by atoms with Gasteiger partial charge in [-0.3, -0.25) is 19.5 Å². The van der Waals surface area contributed by atoms with Gasteiger partial charge in [0.1, 0.15) is 24.3 Å². The van der Waals surface area contributed by atoms with Crippen molar-refractivity contribution in [3.05, 3.63) is 65.1 Å². The van der Waals surface area contributed by atoms with Gasteiger partial charge in [0.2, 0.25) is 5.82 Å². The molecule has 4 rings (SSSR count). The Hall–Kier alpha value is -4.15. The van der Waals surface area contributed by atoms with Gasteiger partial charge < -0.3 is 15.0 Å². The van der Waals surface area contributed by atoms with Crippen LogP contribution in [0.5, 0.6) is 5.75 Å². The number of benzene rings is 1. The van der Waals surface area contributed by atoms with Gasteiger partial charge in [0.15, 0.2) is 11.6 Å². The predicted molar refractivity (Wildman–Crippen MR) is 114 cm³/mol. The maximum absolute atomic E-state index is 13.8. The van der Waals surface area contributed by atoms with E-state index in [4.69, 9.17) is 4.74 Å². The third-order valence-corrected chi connectivity index (χ3v) is 4.79. The van der Waals surface area contributed by atoms with Crippen molar-refractivity contribution < 1.29 is 18.7 Å². The number of hydrogen-bond donors (Lipinski definition) is 2. The number of anilines is 1. The molecule has 11 heteroatoms. The monoisotopic (exact) mass is 437 g/mol. The lowest BCUT2D eigenvalue weighted by Gasteiger charge is -2.19. The Bertz CT molecular complexity index is 1190. The summed E-state index contributed by atoms with van der Waals surface area (Å²) in [5.74, 6) is -0.263. The average Bonchev–Trinajstić information content (AvgIpc) is 3.20. The number of hydrogen-bond acceptors (Lipinski definition) is 7. The highest BCUT2D eigenvalue weighted by Gasteiger charge is 2.32. The molecule has 3 heterocycles. The van der Waals surface area contributed by atoms with Crippen molar-refractivity contribution >= 4 is 23.8 Å². The van der Waals surface area contributed by atoms with Gasteiger partial charge in [0.25, 0.3) is 11.8 Å². The minimum Gasteiger partial charge on any atom is -0.487 e. The lowest BCUT2D eigenvalue weighted by atomic mass is 10.1. The van der Waals surface area contributed by atoms with E-state index in [9.17, 15) is 14.0 Å². The summed E-state index contributed by atoms with van der Waals surface area (Å²) in [6.45, 7) is -0.0559. The Morgan fingerprint density at radius 3 is 3.06 bits per heavy atom. The number of aromatic nitrogens is 4. The highest BCUT2D eigenvalue weighted by molar-refractivity contribution is 6.01. The van der Waals surface area contributed by atoms with E-state index >= 15 is 0 Å². The number of pyridine rings is 1. The first-order valence-electron chi connectivity index (χ1n) is 9.74. The first-order valence-corrected chi connectivity index (χ1v) is 9.74. The molecular weight excluding hydrogens is 417 g/mol. The molecule has 0 bridgehead atoms. The highest BCUT2D eigenvalue weighted by atomic mass is 19.1. The number of carbonyl (C=O) groups excluding carboxylic acids is 2. The van der Waals surface area contributed by atoms with E-state index in [1.807, 2.05) is 0 Å². The second-order valence-corrected chi connectivity index (χ2v) is 7.14. The number of ether oxygens (including phenoxy) is 1. The molecule has 3 aromatic rings. The Balaban J connectivity index is 1.45. The summed E-state index contributed by atoms with van der Waals surface area (Å²) in [4.78, 5) is 37.6. The van der Waals surface area contributed by atoms with E-state index in [1.165, 1.54) is 17.0 Å². The van der Waals surface area contributed by atoms with Crippen molar-refractivity contribution in [1.82, 2.24) is 25.5 Å². The van der Waals surface area contributed by atoms with Gasteiger partial charge in [-0.25, -0.2) is 9.37 Å². The number of fused-ring (bicyclic) bond motifs is 1. The van der Waals surface area contributed by atoms with Crippen LogP contribution in [0, 0.1) is 5.82 Å². The summed E-state index contributed by atoms with van der Waals surface area (Å²) >= 11 is 0. The van der Waals surface area contributed by atoms with E-state index in [2.05, 4.69) is 30.5 Å². The lowest BCUT2D eigenvalue weighted by molar-refractivity contribution is -0.120. The van der Waals surface area contributed by atoms with Crippen LogP contribution in [0.3, 0.4) is 0 Å². The molecule has 0 unspecified atom stereocenters. The largest absolute Gasteiger partial charge is 0.487 e. The zero-order valence-corrected chi connectivity index (χ0v) is 17.4. The van der Waals surface area contributed by atoms with Crippen LogP contribution in [0.1, 0.15) is 27.6 Å². The molecule has 164 valence electrons. The number of amides is 2. The highest BCUT2D eigenvalue weighted by Crippen LogP contribution is 2.27. The first kappa shape index (κ1) is 21.1. The fourth-order valence-corrected chi connectivity index (χ4v) is 3.33. The van der Waals surface area contributed by atoms with Crippen molar-refractivity contribution in [2.24, 2.45) is 4.99 Å². The molecule has 0 radical (unpaired) electrons. The van der Waals surface area contributed by atoms with Gasteiger partial charge in [0.05, 0.1) is 0 Å². The summed E-state index contributed by atoms with van der Waals surface area (Å²) in [5.41, 5.74) is 1.26. The maximum Gasteiger partial charge on any atom is 0.289 e. The summed E-state index contributed by atoms with van der Waals surface area (Å²) in [6.07, 6.45) is 3.33. The van der Waals surface area contributed by atoms with Crippen molar-refractivity contribution in [3.63, 3.8) is 0 Å². The maximum atomic E-state index is 13.8. The summed E-state index contributed by atoms with van der Waals surface area (Å²) in [7, 11) is 3.16. The summed E-state index contributed by atoms with van der Waals surface area (Å²) in [6, 6.07) is 6.97. The van der Waals surface area contributed by atoms with Crippen LogP contribution in [-0.4, -0.2) is 64.9 Å². The van der Waals surface area contributed by atoms with Crippen LogP contribution >= 0.6 is 0 Å². The van der Waals surface area contributed by atoms with Crippen molar-refractivity contribution in [2.45, 2.75) is 12.5 Å². The Morgan fingerprint density at radius 2 is 2.25 bits per heavy atom. The lowest BCUT2D eigenvalue weighted by Crippen LogP contribution is -2.49. The molecule has 2 N–H and O–H groups in total. The zero-order valence-electron chi connectivity index (χ0n) is 17.4. The molecular formula is C21H20FN7O3. The third kappa shape index (κ3) is 4.46. The number of aliphatic imine (C=N–C) groups is 1. The van der Waals surface area contributed by atoms with Gasteiger partial charge in [-0.15, -0.1) is 10.2 Å². The molecule has 32 heavy (non-hydrogen) atoms. The molecule has 1 aliphatic heterocycles. The minimum atomic E-state index is -0.936. The molecule has 0 aliphatic carbocycles. The number of likely N-dealkylation sites (N-methyl/N-ethyl adjacent to an activating group) is 1. The van der Waals surface area contributed by atoms with Crippen LogP contribution in [0.4, 0.5) is 10.2 Å². The molecule has 0 saturated carbocycles. The van der Waals surface area contributed by atoms with Crippen LogP contribution < -0.4 is 15.0 Å². The van der Waals surface area contributed by atoms with Gasteiger partial charge in [-0.2, -0.15) is 0 Å². The zero-order chi connectivity index (χ0) is 22.7. The third-order valence-electron chi connectivity index (χ3n) is 4.79. The number of carbonyl (C=O) groups is 2. The molecule has 0 spiro atoms. The number of halogens is 1. The van der Waals surface area contributed by atoms with E-state index < -0.39 is 17.8 Å². The fraction of sp³-hybridized carbons (Fsp3) is 0.238. The van der Waals surface area contributed by atoms with Crippen molar-refractivity contribution in [1.29, 1.82) is 0 Å².